The molecule has 0 bridgehead atoms. The third-order valence-corrected chi connectivity index (χ3v) is 4.87. The minimum atomic E-state index is -1.29. The normalized spacial score (nSPS) is 11.0. The SMILES string of the molecule is CCCCC#C[B-](c1ccccc1)(c1ccccc1)c1ccccc1.C[N+](C)(C)C. The third-order valence-electron chi connectivity index (χ3n) is 4.87. The molecule has 0 aliphatic rings. The van der Waals surface area contributed by atoms with Gasteiger partial charge in [0.05, 0.1) is 28.2 Å². The Morgan fingerprint density at radius 3 is 1.27 bits per heavy atom. The molecule has 30 heavy (non-hydrogen) atoms. The van der Waals surface area contributed by atoms with E-state index in [0.717, 1.165) is 17.3 Å². The lowest BCUT2D eigenvalue weighted by Gasteiger charge is -2.38. The van der Waals surface area contributed by atoms with Crippen molar-refractivity contribution in [3.05, 3.63) is 91.0 Å². The van der Waals surface area contributed by atoms with Crippen LogP contribution in [0.3, 0.4) is 0 Å². The van der Waals surface area contributed by atoms with Crippen molar-refractivity contribution < 1.29 is 4.48 Å². The Bertz CT molecular complexity index is 814. The van der Waals surface area contributed by atoms with Crippen LogP contribution in [0.15, 0.2) is 91.0 Å². The summed E-state index contributed by atoms with van der Waals surface area (Å²) in [6, 6.07) is 32.2. The van der Waals surface area contributed by atoms with E-state index in [-0.39, 0.29) is 0 Å². The summed E-state index contributed by atoms with van der Waals surface area (Å²) in [6.07, 6.45) is 1.99. The molecule has 0 aliphatic heterocycles. The Balaban J connectivity index is 0.000000575. The van der Waals surface area contributed by atoms with Crippen molar-refractivity contribution in [2.45, 2.75) is 26.2 Å². The Labute approximate surface area is 184 Å². The number of hydrogen-bond acceptors (Lipinski definition) is 0. The zero-order valence-electron chi connectivity index (χ0n) is 19.3. The third kappa shape index (κ3) is 6.94. The smallest absolute Gasteiger partial charge is 0.149 e. The molecule has 1 nitrogen and oxygen atoms in total. The molecule has 0 fully saturated rings. The molecule has 0 saturated heterocycles. The highest BCUT2D eigenvalue weighted by atomic mass is 15.2. The highest BCUT2D eigenvalue weighted by molar-refractivity contribution is 7.16. The first-order chi connectivity index (χ1) is 14.4. The van der Waals surface area contributed by atoms with Crippen molar-refractivity contribution in [3.63, 3.8) is 0 Å². The van der Waals surface area contributed by atoms with E-state index in [1.807, 2.05) is 0 Å². The molecule has 3 aromatic rings. The van der Waals surface area contributed by atoms with Gasteiger partial charge in [-0.25, -0.2) is 0 Å². The van der Waals surface area contributed by atoms with Gasteiger partial charge < -0.3 is 4.48 Å². The van der Waals surface area contributed by atoms with E-state index in [4.69, 9.17) is 0 Å². The predicted molar refractivity (Wildman–Crippen MR) is 135 cm³/mol. The van der Waals surface area contributed by atoms with Gasteiger partial charge in [-0.05, 0) is 6.42 Å². The minimum Gasteiger partial charge on any atom is -0.333 e. The average molecular weight is 397 g/mol. The summed E-state index contributed by atoms with van der Waals surface area (Å²) < 4.78 is 1.00. The van der Waals surface area contributed by atoms with E-state index in [1.54, 1.807) is 0 Å². The number of quaternary nitrogens is 1. The van der Waals surface area contributed by atoms with Crippen molar-refractivity contribution in [1.29, 1.82) is 0 Å². The Kier molecular flexibility index (Phi) is 8.97. The molecular formula is C28H36BN. The van der Waals surface area contributed by atoms with Gasteiger partial charge in [0.15, 0.2) is 0 Å². The topological polar surface area (TPSA) is 0 Å². The highest BCUT2D eigenvalue weighted by Crippen LogP contribution is 2.07. The van der Waals surface area contributed by atoms with Crippen LogP contribution >= 0.6 is 0 Å². The summed E-state index contributed by atoms with van der Waals surface area (Å²) in [6.45, 7) is 2.21. The van der Waals surface area contributed by atoms with Gasteiger partial charge in [0.2, 0.25) is 0 Å². The molecule has 0 aromatic heterocycles. The molecule has 3 aromatic carbocycles. The molecule has 0 atom stereocenters. The summed E-state index contributed by atoms with van der Waals surface area (Å²) in [4.78, 5) is 0. The minimum absolute atomic E-state index is 0.951. The Morgan fingerprint density at radius 1 is 0.633 bits per heavy atom. The van der Waals surface area contributed by atoms with Crippen LogP contribution in [0.25, 0.3) is 0 Å². The standard InChI is InChI=1S/C24H24B.C4H12N/c1-2-3-4-14-21-25(22-15-8-5-9-16-22,23-17-10-6-11-18-23)24-19-12-7-13-20-24;1-5(2,3)4/h5-13,15-20H,2-4H2,1H3;1-4H3/q-1;+1. The summed E-state index contributed by atoms with van der Waals surface area (Å²) in [5.41, 5.74) is 3.84. The zero-order chi connectivity index (χ0) is 21.9. The fourth-order valence-electron chi connectivity index (χ4n) is 3.54. The average Bonchev–Trinajstić information content (AvgIpc) is 2.75. The molecule has 0 unspecified atom stereocenters. The predicted octanol–water partition coefficient (Wildman–Crippen LogP) is 4.21. The molecule has 3 rings (SSSR count). The van der Waals surface area contributed by atoms with Gasteiger partial charge in [0.1, 0.15) is 6.15 Å². The van der Waals surface area contributed by atoms with E-state index >= 15 is 0 Å². The summed E-state index contributed by atoms with van der Waals surface area (Å²) in [7, 11) is 8.50. The molecule has 2 heteroatoms. The first-order valence-corrected chi connectivity index (χ1v) is 11.0. The van der Waals surface area contributed by atoms with Gasteiger partial charge in [-0.15, -0.1) is 5.92 Å². The van der Waals surface area contributed by atoms with Gasteiger partial charge in [-0.3, -0.25) is 5.82 Å². The molecule has 0 amide bonds. The molecule has 0 radical (unpaired) electrons. The quantitative estimate of drug-likeness (QED) is 0.262. The van der Waals surface area contributed by atoms with Crippen molar-refractivity contribution in [2.24, 2.45) is 0 Å². The number of nitrogens with zero attached hydrogens (tertiary/aromatic N) is 1. The van der Waals surface area contributed by atoms with E-state index < -0.39 is 6.15 Å². The van der Waals surface area contributed by atoms with Crippen molar-refractivity contribution >= 4 is 22.5 Å². The van der Waals surface area contributed by atoms with Crippen LogP contribution in [0.1, 0.15) is 26.2 Å². The second kappa shape index (κ2) is 11.4. The molecule has 0 heterocycles. The fourth-order valence-corrected chi connectivity index (χ4v) is 3.54. The van der Waals surface area contributed by atoms with Gasteiger partial charge in [0.25, 0.3) is 0 Å². The summed E-state index contributed by atoms with van der Waals surface area (Å²) in [5, 5.41) is 0. The van der Waals surface area contributed by atoms with Crippen LogP contribution in [0.2, 0.25) is 0 Å². The van der Waals surface area contributed by atoms with Gasteiger partial charge >= 0.3 is 0 Å². The van der Waals surface area contributed by atoms with Crippen molar-refractivity contribution in [2.75, 3.05) is 28.2 Å². The molecular weight excluding hydrogens is 361 g/mol. The summed E-state index contributed by atoms with van der Waals surface area (Å²) >= 11 is 0. The summed E-state index contributed by atoms with van der Waals surface area (Å²) in [5.74, 6) is 7.23. The second-order valence-corrected chi connectivity index (χ2v) is 9.21. The highest BCUT2D eigenvalue weighted by Gasteiger charge is 2.27. The van der Waals surface area contributed by atoms with Crippen LogP contribution in [-0.2, 0) is 0 Å². The van der Waals surface area contributed by atoms with E-state index in [9.17, 15) is 0 Å². The monoisotopic (exact) mass is 397 g/mol. The number of benzene rings is 3. The number of hydrogen-bond donors (Lipinski definition) is 0. The lowest BCUT2D eigenvalue weighted by molar-refractivity contribution is -0.849. The van der Waals surface area contributed by atoms with Crippen LogP contribution in [0.4, 0.5) is 0 Å². The largest absolute Gasteiger partial charge is 0.333 e. The van der Waals surface area contributed by atoms with Crippen molar-refractivity contribution in [3.8, 4) is 11.7 Å². The molecule has 0 N–H and O–H groups in total. The van der Waals surface area contributed by atoms with Crippen LogP contribution in [-0.4, -0.2) is 38.8 Å². The second-order valence-electron chi connectivity index (χ2n) is 9.21. The van der Waals surface area contributed by atoms with Crippen molar-refractivity contribution in [1.82, 2.24) is 0 Å². The number of unbranched alkanes of at least 4 members (excludes halogenated alkanes) is 2. The van der Waals surface area contributed by atoms with Crippen LogP contribution in [0.5, 0.6) is 0 Å². The zero-order valence-corrected chi connectivity index (χ0v) is 19.3. The Morgan fingerprint density at radius 2 is 0.967 bits per heavy atom. The maximum absolute atomic E-state index is 3.73. The van der Waals surface area contributed by atoms with E-state index in [2.05, 4.69) is 138 Å². The fraction of sp³-hybridized carbons (Fsp3) is 0.286. The maximum atomic E-state index is 3.73. The number of rotatable bonds is 5. The van der Waals surface area contributed by atoms with E-state index in [0.29, 0.717) is 0 Å². The molecule has 0 aliphatic carbocycles. The van der Waals surface area contributed by atoms with Gasteiger partial charge in [-0.1, -0.05) is 104 Å². The van der Waals surface area contributed by atoms with Crippen LogP contribution < -0.4 is 16.4 Å². The first-order valence-electron chi connectivity index (χ1n) is 11.0. The lowest BCUT2D eigenvalue weighted by Crippen LogP contribution is -2.66. The van der Waals surface area contributed by atoms with Gasteiger partial charge in [0, 0.05) is 6.42 Å². The molecule has 0 spiro atoms. The van der Waals surface area contributed by atoms with Crippen LogP contribution in [0, 0.1) is 11.7 Å². The van der Waals surface area contributed by atoms with E-state index in [1.165, 1.54) is 22.8 Å². The molecule has 0 saturated carbocycles. The Hall–Kier alpha value is -2.76. The maximum Gasteiger partial charge on any atom is 0.149 e. The molecule has 156 valence electrons. The lowest BCUT2D eigenvalue weighted by atomic mass is 9.16. The first kappa shape index (κ1) is 23.5. The van der Waals surface area contributed by atoms with Gasteiger partial charge in [-0.2, -0.15) is 16.4 Å².